The Hall–Kier alpha value is -3.64. The van der Waals surface area contributed by atoms with Crippen LogP contribution in [0.4, 0.5) is 0 Å². The Bertz CT molecular complexity index is 1340. The van der Waals surface area contributed by atoms with Crippen LogP contribution in [-0.4, -0.2) is 22.1 Å². The van der Waals surface area contributed by atoms with Gasteiger partial charge in [-0.25, -0.2) is 0 Å². The van der Waals surface area contributed by atoms with Crippen LogP contribution in [0.2, 0.25) is 0 Å². The van der Waals surface area contributed by atoms with Gasteiger partial charge in [0.05, 0.1) is 18.7 Å². The molecule has 1 aliphatic carbocycles. The van der Waals surface area contributed by atoms with E-state index in [1.54, 1.807) is 0 Å². The minimum absolute atomic E-state index is 0.192. The zero-order valence-corrected chi connectivity index (χ0v) is 20.1. The van der Waals surface area contributed by atoms with Crippen molar-refractivity contribution in [3.63, 3.8) is 0 Å². The first-order valence-corrected chi connectivity index (χ1v) is 12.3. The van der Waals surface area contributed by atoms with Crippen LogP contribution >= 0.6 is 0 Å². The Morgan fingerprint density at radius 1 is 1.14 bits per heavy atom. The predicted octanol–water partition coefficient (Wildman–Crippen LogP) is 5.26. The summed E-state index contributed by atoms with van der Waals surface area (Å²) in [7, 11) is 0. The van der Waals surface area contributed by atoms with E-state index >= 15 is 0 Å². The minimum atomic E-state index is -0.251. The molecule has 0 atom stereocenters. The molecule has 180 valence electrons. The fraction of sp³-hybridized carbons (Fsp3) is 0.310. The van der Waals surface area contributed by atoms with E-state index in [0.717, 1.165) is 40.4 Å². The summed E-state index contributed by atoms with van der Waals surface area (Å²) in [6, 6.07) is 18.4. The Labute approximate surface area is 205 Å². The van der Waals surface area contributed by atoms with Gasteiger partial charge in [0, 0.05) is 41.9 Å². The largest absolute Gasteiger partial charge is 0.489 e. The van der Waals surface area contributed by atoms with Crippen molar-refractivity contribution in [1.82, 2.24) is 9.55 Å². The molecular formula is C29H31N3O3. The summed E-state index contributed by atoms with van der Waals surface area (Å²) in [4.78, 5) is 16.4. The molecule has 2 aromatic heterocycles. The third kappa shape index (κ3) is 5.38. The summed E-state index contributed by atoms with van der Waals surface area (Å²) in [6.45, 7) is 4.02. The molecular weight excluding hydrogens is 438 g/mol. The lowest BCUT2D eigenvalue weighted by Gasteiger charge is -2.14. The average Bonchev–Trinajstić information content (AvgIpc) is 3.61. The molecule has 0 unspecified atom stereocenters. The topological polar surface area (TPSA) is 79.4 Å². The van der Waals surface area contributed by atoms with Crippen LogP contribution in [0.5, 0.6) is 5.75 Å². The van der Waals surface area contributed by atoms with Gasteiger partial charge in [0.1, 0.15) is 12.4 Å². The lowest BCUT2D eigenvalue weighted by Crippen LogP contribution is -2.09. The van der Waals surface area contributed by atoms with E-state index in [1.165, 1.54) is 23.7 Å². The molecule has 0 radical (unpaired) electrons. The highest BCUT2D eigenvalue weighted by Crippen LogP contribution is 2.35. The summed E-state index contributed by atoms with van der Waals surface area (Å²) in [5.74, 6) is 1.22. The van der Waals surface area contributed by atoms with Gasteiger partial charge in [-0.3, -0.25) is 9.78 Å². The molecule has 0 saturated heterocycles. The third-order valence-corrected chi connectivity index (χ3v) is 6.44. The van der Waals surface area contributed by atoms with Gasteiger partial charge in [0.25, 0.3) is 0 Å². The van der Waals surface area contributed by atoms with Crippen molar-refractivity contribution >= 4 is 16.9 Å². The van der Waals surface area contributed by atoms with E-state index in [1.807, 2.05) is 43.5 Å². The van der Waals surface area contributed by atoms with Crippen LogP contribution in [0.15, 0.2) is 67.0 Å². The molecule has 6 heteroatoms. The van der Waals surface area contributed by atoms with Crippen LogP contribution < -0.4 is 10.5 Å². The molecule has 0 aliphatic heterocycles. The van der Waals surface area contributed by atoms with E-state index in [0.29, 0.717) is 25.5 Å². The van der Waals surface area contributed by atoms with E-state index < -0.39 is 0 Å². The number of hydrogen-bond donors (Lipinski definition) is 1. The first-order valence-electron chi connectivity index (χ1n) is 12.3. The van der Waals surface area contributed by atoms with Crippen molar-refractivity contribution < 1.29 is 14.3 Å². The number of carbonyl (C=O) groups excluding carboxylic acids is 1. The zero-order valence-electron chi connectivity index (χ0n) is 20.1. The zero-order chi connectivity index (χ0) is 24.2. The molecule has 1 saturated carbocycles. The number of pyridine rings is 1. The van der Waals surface area contributed by atoms with E-state index in [9.17, 15) is 4.79 Å². The predicted molar refractivity (Wildman–Crippen MR) is 137 cm³/mol. The number of nitrogens with two attached hydrogens (primary N) is 1. The number of aromatic nitrogens is 2. The maximum absolute atomic E-state index is 12.0. The smallest absolute Gasteiger partial charge is 0.310 e. The maximum atomic E-state index is 12.0. The first kappa shape index (κ1) is 23.1. The molecule has 2 N–H and O–H groups in total. The van der Waals surface area contributed by atoms with Gasteiger partial charge in [-0.2, -0.15) is 0 Å². The van der Waals surface area contributed by atoms with Gasteiger partial charge >= 0.3 is 5.97 Å². The number of rotatable bonds is 10. The fourth-order valence-corrected chi connectivity index (χ4v) is 4.49. The third-order valence-electron chi connectivity index (χ3n) is 6.44. The quantitative estimate of drug-likeness (QED) is 0.321. The molecule has 4 aromatic rings. The number of ether oxygens (including phenoxy) is 2. The molecule has 35 heavy (non-hydrogen) atoms. The minimum Gasteiger partial charge on any atom is -0.489 e. The van der Waals surface area contributed by atoms with Crippen LogP contribution in [0.1, 0.15) is 36.6 Å². The Morgan fingerprint density at radius 3 is 2.80 bits per heavy atom. The van der Waals surface area contributed by atoms with Gasteiger partial charge in [-0.05, 0) is 78.8 Å². The normalized spacial score (nSPS) is 13.2. The summed E-state index contributed by atoms with van der Waals surface area (Å²) in [5, 5.41) is 1.21. The van der Waals surface area contributed by atoms with Crippen molar-refractivity contribution in [3.05, 3.63) is 83.8 Å². The second-order valence-electron chi connectivity index (χ2n) is 9.11. The second kappa shape index (κ2) is 10.3. The Balaban J connectivity index is 1.48. The van der Waals surface area contributed by atoms with Gasteiger partial charge < -0.3 is 19.8 Å². The number of carbonyl (C=O) groups is 1. The summed E-state index contributed by atoms with van der Waals surface area (Å²) in [5.41, 5.74) is 12.1. The van der Waals surface area contributed by atoms with Gasteiger partial charge in [0.15, 0.2) is 0 Å². The highest BCUT2D eigenvalue weighted by atomic mass is 16.5. The molecule has 2 aromatic carbocycles. The monoisotopic (exact) mass is 469 g/mol. The van der Waals surface area contributed by atoms with Crippen molar-refractivity contribution in [3.8, 4) is 16.9 Å². The van der Waals surface area contributed by atoms with Crippen molar-refractivity contribution in [2.45, 2.75) is 45.9 Å². The Kier molecular flexibility index (Phi) is 6.82. The summed E-state index contributed by atoms with van der Waals surface area (Å²) in [6.07, 6.45) is 6.81. The molecule has 0 bridgehead atoms. The number of nitrogens with zero attached hydrogens (tertiary/aromatic N) is 2. The molecule has 5 rings (SSSR count). The lowest BCUT2D eigenvalue weighted by molar-refractivity contribution is -0.142. The lowest BCUT2D eigenvalue weighted by atomic mass is 9.99. The molecule has 0 spiro atoms. The van der Waals surface area contributed by atoms with Gasteiger partial charge in [-0.1, -0.05) is 18.2 Å². The SMILES string of the molecule is CCOC(=O)Cc1ccccc1OCc1cc(-c2ccnc(CN)c2)c2ccn(CC3CC3)c2c1. The molecule has 6 nitrogen and oxygen atoms in total. The molecule has 0 amide bonds. The van der Waals surface area contributed by atoms with Crippen molar-refractivity contribution in [1.29, 1.82) is 0 Å². The van der Waals surface area contributed by atoms with Crippen LogP contribution in [-0.2, 0) is 35.6 Å². The number of esters is 1. The summed E-state index contributed by atoms with van der Waals surface area (Å²) < 4.78 is 13.7. The molecule has 1 fully saturated rings. The number of benzene rings is 2. The fourth-order valence-electron chi connectivity index (χ4n) is 4.49. The first-order chi connectivity index (χ1) is 17.1. The number of para-hydroxylation sites is 1. The summed E-state index contributed by atoms with van der Waals surface area (Å²) >= 11 is 0. The van der Waals surface area contributed by atoms with E-state index in [2.05, 4.69) is 40.0 Å². The average molecular weight is 470 g/mol. The second-order valence-corrected chi connectivity index (χ2v) is 9.11. The van der Waals surface area contributed by atoms with Gasteiger partial charge in [-0.15, -0.1) is 0 Å². The highest BCUT2D eigenvalue weighted by Gasteiger charge is 2.23. The Morgan fingerprint density at radius 2 is 2.00 bits per heavy atom. The van der Waals surface area contributed by atoms with E-state index in [4.69, 9.17) is 15.2 Å². The molecule has 1 aliphatic rings. The molecule has 2 heterocycles. The van der Waals surface area contributed by atoms with Crippen LogP contribution in [0, 0.1) is 5.92 Å². The highest BCUT2D eigenvalue weighted by molar-refractivity contribution is 5.96. The van der Waals surface area contributed by atoms with Crippen molar-refractivity contribution in [2.75, 3.05) is 6.61 Å². The van der Waals surface area contributed by atoms with Crippen molar-refractivity contribution in [2.24, 2.45) is 11.7 Å². The van der Waals surface area contributed by atoms with E-state index in [-0.39, 0.29) is 12.4 Å². The van der Waals surface area contributed by atoms with Crippen LogP contribution in [0.3, 0.4) is 0 Å². The number of hydrogen-bond acceptors (Lipinski definition) is 5. The van der Waals surface area contributed by atoms with Crippen LogP contribution in [0.25, 0.3) is 22.0 Å². The number of fused-ring (bicyclic) bond motifs is 1. The maximum Gasteiger partial charge on any atom is 0.310 e. The standard InChI is InChI=1S/C29H31N3O3/c1-2-34-29(33)16-23-5-3-4-6-28(23)35-19-21-13-26(22-9-11-31-24(15-22)17-30)25-10-12-32(27(25)14-21)18-20-7-8-20/h3-6,9-15,20H,2,7-8,16-19,30H2,1H3. The van der Waals surface area contributed by atoms with Gasteiger partial charge in [0.2, 0.25) is 0 Å².